The van der Waals surface area contributed by atoms with Crippen LogP contribution in [0.3, 0.4) is 0 Å². The molecule has 0 aromatic heterocycles. The highest BCUT2D eigenvalue weighted by Gasteiger charge is 2.25. The van der Waals surface area contributed by atoms with Gasteiger partial charge in [0.25, 0.3) is 0 Å². The molecule has 1 aliphatic heterocycles. The predicted octanol–water partition coefficient (Wildman–Crippen LogP) is 0.570. The zero-order valence-electron chi connectivity index (χ0n) is 8.00. The highest BCUT2D eigenvalue weighted by molar-refractivity contribution is 5.04. The summed E-state index contributed by atoms with van der Waals surface area (Å²) in [6.07, 6.45) is 2.54. The minimum Gasteiger partial charge on any atom is -0.347 e. The van der Waals surface area contributed by atoms with E-state index in [1.54, 1.807) is 0 Å². The molecule has 1 heterocycles. The van der Waals surface area contributed by atoms with Crippen molar-refractivity contribution >= 4 is 0 Å². The van der Waals surface area contributed by atoms with Crippen molar-refractivity contribution in [2.75, 3.05) is 28.2 Å². The Morgan fingerprint density at radius 1 is 1.36 bits per heavy atom. The van der Waals surface area contributed by atoms with Gasteiger partial charge in [0.1, 0.15) is 0 Å². The van der Waals surface area contributed by atoms with E-state index < -0.39 is 0 Å². The molecule has 1 rings (SSSR count). The van der Waals surface area contributed by atoms with Crippen molar-refractivity contribution < 1.29 is 0 Å². The lowest BCUT2D eigenvalue weighted by atomic mass is 10.5. The molecule has 3 nitrogen and oxygen atoms in total. The third-order valence-electron chi connectivity index (χ3n) is 2.12. The molecule has 1 aliphatic rings. The molecule has 64 valence electrons. The van der Waals surface area contributed by atoms with Crippen LogP contribution in [0.2, 0.25) is 0 Å². The summed E-state index contributed by atoms with van der Waals surface area (Å²) in [5.41, 5.74) is 1.31. The summed E-state index contributed by atoms with van der Waals surface area (Å²) >= 11 is 0. The van der Waals surface area contributed by atoms with Crippen molar-refractivity contribution in [3.05, 3.63) is 11.9 Å². The standard InChI is InChI=1S/C8H17N3/c1-7-6-10(4)8(9(2)3)11(7)5/h6,8H,1-5H3. The largest absolute Gasteiger partial charge is 0.347 e. The molecule has 0 spiro atoms. The van der Waals surface area contributed by atoms with Crippen molar-refractivity contribution in [3.63, 3.8) is 0 Å². The van der Waals surface area contributed by atoms with Crippen LogP contribution in [-0.4, -0.2) is 49.2 Å². The lowest BCUT2D eigenvalue weighted by Crippen LogP contribution is -2.46. The molecular weight excluding hydrogens is 138 g/mol. The van der Waals surface area contributed by atoms with Gasteiger partial charge >= 0.3 is 0 Å². The molecule has 11 heavy (non-hydrogen) atoms. The SMILES string of the molecule is CC1=CN(C)C(N(C)C)N1C. The molecule has 0 radical (unpaired) electrons. The maximum absolute atomic E-state index is 2.25. The molecule has 3 heteroatoms. The van der Waals surface area contributed by atoms with Crippen LogP contribution in [0.1, 0.15) is 6.92 Å². The van der Waals surface area contributed by atoms with Crippen LogP contribution in [-0.2, 0) is 0 Å². The summed E-state index contributed by atoms with van der Waals surface area (Å²) in [6.45, 7) is 2.12. The van der Waals surface area contributed by atoms with E-state index in [1.165, 1.54) is 5.70 Å². The summed E-state index contributed by atoms with van der Waals surface area (Å²) in [5.74, 6) is 0. The fourth-order valence-corrected chi connectivity index (χ4v) is 1.62. The van der Waals surface area contributed by atoms with E-state index in [9.17, 15) is 0 Å². The van der Waals surface area contributed by atoms with Crippen molar-refractivity contribution in [1.82, 2.24) is 14.7 Å². The van der Waals surface area contributed by atoms with Crippen LogP contribution in [0, 0.1) is 0 Å². The number of allylic oxidation sites excluding steroid dienone is 1. The number of hydrogen-bond donors (Lipinski definition) is 0. The van der Waals surface area contributed by atoms with Crippen molar-refractivity contribution in [3.8, 4) is 0 Å². The van der Waals surface area contributed by atoms with Crippen LogP contribution in [0.15, 0.2) is 11.9 Å². The minimum absolute atomic E-state index is 0.384. The van der Waals surface area contributed by atoms with E-state index in [0.29, 0.717) is 6.29 Å². The summed E-state index contributed by atoms with van der Waals surface area (Å²) in [7, 11) is 8.38. The number of nitrogens with zero attached hydrogens (tertiary/aromatic N) is 3. The lowest BCUT2D eigenvalue weighted by Gasteiger charge is -2.33. The van der Waals surface area contributed by atoms with Gasteiger partial charge in [-0.15, -0.1) is 0 Å². The molecule has 0 saturated heterocycles. The molecular formula is C8H17N3. The Labute approximate surface area is 68.9 Å². The van der Waals surface area contributed by atoms with Crippen LogP contribution in [0.25, 0.3) is 0 Å². The molecule has 1 atom stereocenters. The van der Waals surface area contributed by atoms with Gasteiger partial charge in [-0.05, 0) is 21.0 Å². The van der Waals surface area contributed by atoms with Crippen molar-refractivity contribution in [1.29, 1.82) is 0 Å². The second-order valence-electron chi connectivity index (χ2n) is 3.36. The Morgan fingerprint density at radius 3 is 2.09 bits per heavy atom. The fraction of sp³-hybridized carbons (Fsp3) is 0.750. The molecule has 0 N–H and O–H groups in total. The Hall–Kier alpha value is -0.700. The Balaban J connectivity index is 2.72. The summed E-state index contributed by atoms with van der Waals surface area (Å²) in [6, 6.07) is 0. The molecule has 0 bridgehead atoms. The van der Waals surface area contributed by atoms with Gasteiger partial charge in [0, 0.05) is 26.0 Å². The average molecular weight is 155 g/mol. The molecule has 0 aromatic rings. The second kappa shape index (κ2) is 2.74. The smallest absolute Gasteiger partial charge is 0.158 e. The molecule has 0 amide bonds. The topological polar surface area (TPSA) is 9.72 Å². The molecule has 1 unspecified atom stereocenters. The molecule has 0 saturated carbocycles. The first-order chi connectivity index (χ1) is 5.04. The summed E-state index contributed by atoms with van der Waals surface area (Å²) in [5, 5.41) is 0. The zero-order valence-corrected chi connectivity index (χ0v) is 8.00. The van der Waals surface area contributed by atoms with Gasteiger partial charge in [-0.1, -0.05) is 0 Å². The van der Waals surface area contributed by atoms with E-state index in [-0.39, 0.29) is 0 Å². The van der Waals surface area contributed by atoms with E-state index in [2.05, 4.69) is 56.0 Å². The highest BCUT2D eigenvalue weighted by atomic mass is 15.5. The lowest BCUT2D eigenvalue weighted by molar-refractivity contribution is 0.0541. The van der Waals surface area contributed by atoms with Gasteiger partial charge < -0.3 is 9.80 Å². The van der Waals surface area contributed by atoms with E-state index in [0.717, 1.165) is 0 Å². The highest BCUT2D eigenvalue weighted by Crippen LogP contribution is 2.19. The van der Waals surface area contributed by atoms with E-state index in [1.807, 2.05) is 0 Å². The average Bonchev–Trinajstić information content (AvgIpc) is 2.07. The molecule has 0 fully saturated rings. The first-order valence-corrected chi connectivity index (χ1v) is 3.83. The summed E-state index contributed by atoms with van der Waals surface area (Å²) < 4.78 is 0. The minimum atomic E-state index is 0.384. The third kappa shape index (κ3) is 1.33. The number of rotatable bonds is 1. The van der Waals surface area contributed by atoms with Gasteiger partial charge in [0.15, 0.2) is 6.29 Å². The number of hydrogen-bond acceptors (Lipinski definition) is 3. The van der Waals surface area contributed by atoms with Crippen molar-refractivity contribution in [2.45, 2.75) is 13.2 Å². The van der Waals surface area contributed by atoms with Crippen LogP contribution in [0.5, 0.6) is 0 Å². The molecule has 0 aliphatic carbocycles. The maximum atomic E-state index is 2.25. The fourth-order valence-electron chi connectivity index (χ4n) is 1.62. The van der Waals surface area contributed by atoms with E-state index >= 15 is 0 Å². The van der Waals surface area contributed by atoms with Gasteiger partial charge in [0.05, 0.1) is 0 Å². The Bertz CT molecular complexity index is 174. The van der Waals surface area contributed by atoms with Crippen LogP contribution in [0.4, 0.5) is 0 Å². The zero-order chi connectivity index (χ0) is 8.59. The monoisotopic (exact) mass is 155 g/mol. The first kappa shape index (κ1) is 8.40. The Kier molecular flexibility index (Phi) is 2.09. The van der Waals surface area contributed by atoms with E-state index in [4.69, 9.17) is 0 Å². The quantitative estimate of drug-likeness (QED) is 0.548. The van der Waals surface area contributed by atoms with Crippen LogP contribution >= 0.6 is 0 Å². The van der Waals surface area contributed by atoms with Crippen LogP contribution < -0.4 is 0 Å². The molecule has 0 aromatic carbocycles. The second-order valence-corrected chi connectivity index (χ2v) is 3.36. The third-order valence-corrected chi connectivity index (χ3v) is 2.12. The van der Waals surface area contributed by atoms with Crippen molar-refractivity contribution in [2.24, 2.45) is 0 Å². The maximum Gasteiger partial charge on any atom is 0.158 e. The normalized spacial score (nSPS) is 24.9. The first-order valence-electron chi connectivity index (χ1n) is 3.83. The van der Waals surface area contributed by atoms with Gasteiger partial charge in [-0.3, -0.25) is 4.90 Å². The summed E-state index contributed by atoms with van der Waals surface area (Å²) in [4.78, 5) is 6.64. The predicted molar refractivity (Wildman–Crippen MR) is 46.8 cm³/mol. The van der Waals surface area contributed by atoms with Gasteiger partial charge in [-0.2, -0.15) is 0 Å². The van der Waals surface area contributed by atoms with Gasteiger partial charge in [0.2, 0.25) is 0 Å². The van der Waals surface area contributed by atoms with Gasteiger partial charge in [-0.25, -0.2) is 0 Å². The Morgan fingerprint density at radius 2 is 1.91 bits per heavy atom.